The number of carbonyl (C=O) groups excluding carboxylic acids is 1. The number of esters is 1. The quantitative estimate of drug-likeness (QED) is 0.729. The van der Waals surface area contributed by atoms with Gasteiger partial charge in [-0.3, -0.25) is 4.79 Å². The second-order valence-electron chi connectivity index (χ2n) is 6.49. The van der Waals surface area contributed by atoms with Gasteiger partial charge < -0.3 is 15.0 Å². The summed E-state index contributed by atoms with van der Waals surface area (Å²) in [6.07, 6.45) is 7.22. The summed E-state index contributed by atoms with van der Waals surface area (Å²) in [4.78, 5) is 14.3. The summed E-state index contributed by atoms with van der Waals surface area (Å²) in [6, 6.07) is 0.711. The predicted octanol–water partition coefficient (Wildman–Crippen LogP) is 2.43. The molecule has 4 nitrogen and oxygen atoms in total. The predicted molar refractivity (Wildman–Crippen MR) is 82.8 cm³/mol. The summed E-state index contributed by atoms with van der Waals surface area (Å²) in [5.41, 5.74) is -0.562. The first-order chi connectivity index (χ1) is 9.44. The average Bonchev–Trinajstić information content (AvgIpc) is 2.46. The minimum atomic E-state index is -0.562. The summed E-state index contributed by atoms with van der Waals surface area (Å²) in [5.74, 6) is 0.624. The second kappa shape index (κ2) is 7.99. The third kappa shape index (κ3) is 4.45. The molecule has 1 saturated carbocycles. The standard InChI is InChI=1S/C16H32N2O2/c1-13-9-6-7-10-14(13)18(4)12-8-11-16(2,17-3)15(19)20-5/h13-14,17H,6-12H2,1-5H3. The number of methoxy groups -OCH3 is 1. The van der Waals surface area contributed by atoms with Crippen LogP contribution in [0.1, 0.15) is 52.4 Å². The molecule has 1 rings (SSSR count). The Hall–Kier alpha value is -0.610. The van der Waals surface area contributed by atoms with Crippen molar-refractivity contribution in [2.45, 2.75) is 64.0 Å². The molecule has 1 fully saturated rings. The fourth-order valence-corrected chi connectivity index (χ4v) is 3.35. The Morgan fingerprint density at radius 3 is 2.60 bits per heavy atom. The number of carbonyl (C=O) groups is 1. The molecule has 0 aromatic heterocycles. The van der Waals surface area contributed by atoms with E-state index in [0.717, 1.165) is 25.3 Å². The lowest BCUT2D eigenvalue weighted by atomic mass is 9.85. The van der Waals surface area contributed by atoms with Crippen molar-refractivity contribution in [2.24, 2.45) is 5.92 Å². The second-order valence-corrected chi connectivity index (χ2v) is 6.49. The van der Waals surface area contributed by atoms with E-state index in [0.29, 0.717) is 6.04 Å². The average molecular weight is 284 g/mol. The van der Waals surface area contributed by atoms with E-state index >= 15 is 0 Å². The maximum absolute atomic E-state index is 11.8. The lowest BCUT2D eigenvalue weighted by Crippen LogP contribution is -2.49. The lowest BCUT2D eigenvalue weighted by Gasteiger charge is -2.37. The van der Waals surface area contributed by atoms with Crippen LogP contribution in [0.25, 0.3) is 0 Å². The SMILES string of the molecule is CNC(C)(CCCN(C)C1CCCCC1C)C(=O)OC. The first kappa shape index (κ1) is 17.4. The molecule has 0 aromatic rings. The first-order valence-corrected chi connectivity index (χ1v) is 7.92. The van der Waals surface area contributed by atoms with E-state index in [1.807, 2.05) is 14.0 Å². The van der Waals surface area contributed by atoms with Crippen LogP contribution in [0.5, 0.6) is 0 Å². The number of hydrogen-bond acceptors (Lipinski definition) is 4. The zero-order valence-corrected chi connectivity index (χ0v) is 13.9. The van der Waals surface area contributed by atoms with Crippen molar-refractivity contribution in [1.82, 2.24) is 10.2 Å². The Balaban J connectivity index is 2.40. The van der Waals surface area contributed by atoms with Crippen LogP contribution in [0, 0.1) is 5.92 Å². The van der Waals surface area contributed by atoms with E-state index in [-0.39, 0.29) is 5.97 Å². The monoisotopic (exact) mass is 284 g/mol. The highest BCUT2D eigenvalue weighted by molar-refractivity contribution is 5.80. The molecular weight excluding hydrogens is 252 g/mol. The summed E-state index contributed by atoms with van der Waals surface area (Å²) in [7, 11) is 5.50. The molecule has 0 spiro atoms. The van der Waals surface area contributed by atoms with Gasteiger partial charge >= 0.3 is 5.97 Å². The van der Waals surface area contributed by atoms with Gasteiger partial charge in [0.05, 0.1) is 7.11 Å². The first-order valence-electron chi connectivity index (χ1n) is 7.92. The number of hydrogen-bond donors (Lipinski definition) is 1. The van der Waals surface area contributed by atoms with Crippen LogP contribution in [0.2, 0.25) is 0 Å². The zero-order chi connectivity index (χ0) is 15.2. The Labute approximate surface area is 124 Å². The van der Waals surface area contributed by atoms with Crippen molar-refractivity contribution in [3.63, 3.8) is 0 Å². The molecular formula is C16H32N2O2. The van der Waals surface area contributed by atoms with Gasteiger partial charge in [-0.05, 0) is 59.2 Å². The zero-order valence-electron chi connectivity index (χ0n) is 13.9. The van der Waals surface area contributed by atoms with Crippen molar-refractivity contribution in [3.05, 3.63) is 0 Å². The number of likely N-dealkylation sites (N-methyl/N-ethyl adjacent to an activating group) is 1. The third-order valence-electron chi connectivity index (χ3n) is 5.01. The molecule has 0 bridgehead atoms. The molecule has 1 aliphatic rings. The highest BCUT2D eigenvalue weighted by Crippen LogP contribution is 2.27. The van der Waals surface area contributed by atoms with E-state index in [9.17, 15) is 4.79 Å². The number of nitrogens with zero attached hydrogens (tertiary/aromatic N) is 1. The maximum atomic E-state index is 11.8. The molecule has 0 radical (unpaired) electrons. The van der Waals surface area contributed by atoms with Crippen molar-refractivity contribution in [2.75, 3.05) is 27.7 Å². The lowest BCUT2D eigenvalue weighted by molar-refractivity contribution is -0.148. The maximum Gasteiger partial charge on any atom is 0.325 e. The van der Waals surface area contributed by atoms with Crippen LogP contribution in [-0.4, -0.2) is 50.2 Å². The summed E-state index contributed by atoms with van der Waals surface area (Å²) in [5, 5.41) is 3.10. The van der Waals surface area contributed by atoms with Crippen LogP contribution in [0.15, 0.2) is 0 Å². The van der Waals surface area contributed by atoms with Crippen LogP contribution < -0.4 is 5.32 Å². The van der Waals surface area contributed by atoms with E-state index in [2.05, 4.69) is 24.2 Å². The van der Waals surface area contributed by atoms with Gasteiger partial charge in [-0.1, -0.05) is 19.8 Å². The molecule has 1 aliphatic carbocycles. The van der Waals surface area contributed by atoms with E-state index in [1.165, 1.54) is 32.8 Å². The Morgan fingerprint density at radius 2 is 2.05 bits per heavy atom. The highest BCUT2D eigenvalue weighted by atomic mass is 16.5. The van der Waals surface area contributed by atoms with Crippen molar-refractivity contribution < 1.29 is 9.53 Å². The van der Waals surface area contributed by atoms with Gasteiger partial charge in [0.15, 0.2) is 0 Å². The number of rotatable bonds is 7. The Kier molecular flexibility index (Phi) is 6.96. The highest BCUT2D eigenvalue weighted by Gasteiger charge is 2.32. The minimum absolute atomic E-state index is 0.173. The fourth-order valence-electron chi connectivity index (χ4n) is 3.35. The number of ether oxygens (including phenoxy) is 1. The van der Waals surface area contributed by atoms with E-state index < -0.39 is 5.54 Å². The summed E-state index contributed by atoms with van der Waals surface area (Å²) < 4.78 is 4.88. The smallest absolute Gasteiger partial charge is 0.325 e. The van der Waals surface area contributed by atoms with E-state index in [4.69, 9.17) is 4.74 Å². The van der Waals surface area contributed by atoms with Gasteiger partial charge in [0.25, 0.3) is 0 Å². The molecule has 0 aromatic carbocycles. The summed E-state index contributed by atoms with van der Waals surface area (Å²) >= 11 is 0. The normalized spacial score (nSPS) is 26.3. The Bertz CT molecular complexity index is 309. The summed E-state index contributed by atoms with van der Waals surface area (Å²) in [6.45, 7) is 5.33. The molecule has 0 amide bonds. The molecule has 0 aliphatic heterocycles. The molecule has 0 saturated heterocycles. The van der Waals surface area contributed by atoms with Crippen molar-refractivity contribution in [1.29, 1.82) is 0 Å². The van der Waals surface area contributed by atoms with Crippen LogP contribution >= 0.6 is 0 Å². The van der Waals surface area contributed by atoms with Gasteiger partial charge in [-0.25, -0.2) is 0 Å². The minimum Gasteiger partial charge on any atom is -0.468 e. The Morgan fingerprint density at radius 1 is 1.40 bits per heavy atom. The topological polar surface area (TPSA) is 41.6 Å². The van der Waals surface area contributed by atoms with Gasteiger partial charge in [-0.15, -0.1) is 0 Å². The van der Waals surface area contributed by atoms with Gasteiger partial charge in [-0.2, -0.15) is 0 Å². The molecule has 3 unspecified atom stereocenters. The van der Waals surface area contributed by atoms with E-state index in [1.54, 1.807) is 0 Å². The van der Waals surface area contributed by atoms with Gasteiger partial charge in [0, 0.05) is 6.04 Å². The molecule has 118 valence electrons. The molecule has 3 atom stereocenters. The molecule has 0 heterocycles. The third-order valence-corrected chi connectivity index (χ3v) is 5.01. The molecule has 1 N–H and O–H groups in total. The fraction of sp³-hybridized carbons (Fsp3) is 0.938. The van der Waals surface area contributed by atoms with Crippen LogP contribution in [0.4, 0.5) is 0 Å². The largest absolute Gasteiger partial charge is 0.468 e. The number of nitrogens with one attached hydrogen (secondary N) is 1. The molecule has 20 heavy (non-hydrogen) atoms. The molecule has 4 heteroatoms. The van der Waals surface area contributed by atoms with Crippen molar-refractivity contribution >= 4 is 5.97 Å². The van der Waals surface area contributed by atoms with Gasteiger partial charge in [0.1, 0.15) is 5.54 Å². The van der Waals surface area contributed by atoms with Crippen LogP contribution in [0.3, 0.4) is 0 Å². The van der Waals surface area contributed by atoms with Gasteiger partial charge in [0.2, 0.25) is 0 Å². The van der Waals surface area contributed by atoms with Crippen molar-refractivity contribution in [3.8, 4) is 0 Å². The van der Waals surface area contributed by atoms with Crippen LogP contribution in [-0.2, 0) is 9.53 Å².